The minimum atomic E-state index is -0.999. The highest BCUT2D eigenvalue weighted by molar-refractivity contribution is 5.94. The van der Waals surface area contributed by atoms with Gasteiger partial charge >= 0.3 is 0 Å². The fourth-order valence-corrected chi connectivity index (χ4v) is 1.46. The Morgan fingerprint density at radius 2 is 2.57 bits per heavy atom. The zero-order valence-electron chi connectivity index (χ0n) is 7.90. The van der Waals surface area contributed by atoms with Gasteiger partial charge in [-0.2, -0.15) is 0 Å². The van der Waals surface area contributed by atoms with Crippen LogP contribution in [0.1, 0.15) is 23.7 Å². The Kier molecular flexibility index (Phi) is 2.00. The number of aromatic nitrogens is 1. The first-order valence-corrected chi connectivity index (χ1v) is 4.48. The van der Waals surface area contributed by atoms with Crippen molar-refractivity contribution in [2.24, 2.45) is 0 Å². The summed E-state index contributed by atoms with van der Waals surface area (Å²) in [6.45, 7) is 2.22. The number of aliphatic hydroxyl groups is 1. The molecule has 1 unspecified atom stereocenters. The average Bonchev–Trinajstić information content (AvgIpc) is 2.18. The van der Waals surface area contributed by atoms with Gasteiger partial charge < -0.3 is 10.0 Å². The van der Waals surface area contributed by atoms with Crippen LogP contribution in [-0.2, 0) is 0 Å². The van der Waals surface area contributed by atoms with Gasteiger partial charge in [-0.15, -0.1) is 0 Å². The Morgan fingerprint density at radius 1 is 1.79 bits per heavy atom. The summed E-state index contributed by atoms with van der Waals surface area (Å²) in [6, 6.07) is 3.32. The van der Waals surface area contributed by atoms with E-state index in [1.807, 2.05) is 0 Å². The van der Waals surface area contributed by atoms with Crippen molar-refractivity contribution in [3.05, 3.63) is 30.1 Å². The molecule has 0 bridgehead atoms. The third kappa shape index (κ3) is 1.37. The van der Waals surface area contributed by atoms with Crippen molar-refractivity contribution >= 4 is 5.91 Å². The van der Waals surface area contributed by atoms with Gasteiger partial charge in [0.1, 0.15) is 11.9 Å². The summed E-state index contributed by atoms with van der Waals surface area (Å²) in [7, 11) is 0. The number of amides is 1. The molecule has 2 heterocycles. The lowest BCUT2D eigenvalue weighted by Crippen LogP contribution is -2.60. The van der Waals surface area contributed by atoms with E-state index in [9.17, 15) is 9.90 Å². The van der Waals surface area contributed by atoms with Crippen molar-refractivity contribution in [2.75, 3.05) is 6.54 Å². The minimum Gasteiger partial charge on any atom is -0.371 e. The molecule has 1 N–H and O–H groups in total. The second kappa shape index (κ2) is 3.06. The third-order valence-corrected chi connectivity index (χ3v) is 2.47. The van der Waals surface area contributed by atoms with Gasteiger partial charge in [-0.25, -0.2) is 0 Å². The number of hydrogen-bond donors (Lipinski definition) is 1. The molecule has 4 heteroatoms. The summed E-state index contributed by atoms with van der Waals surface area (Å²) >= 11 is 0. The van der Waals surface area contributed by atoms with Gasteiger partial charge in [-0.3, -0.25) is 9.78 Å². The highest BCUT2D eigenvalue weighted by atomic mass is 16.3. The van der Waals surface area contributed by atoms with Crippen LogP contribution in [0.15, 0.2) is 18.3 Å². The van der Waals surface area contributed by atoms with Crippen molar-refractivity contribution in [3.8, 4) is 0 Å². The number of rotatable bonds is 1. The van der Waals surface area contributed by atoms with Crippen molar-refractivity contribution < 1.29 is 9.90 Å². The normalized spacial score (nSPS) is 25.7. The van der Waals surface area contributed by atoms with Gasteiger partial charge in [0.05, 0.1) is 5.56 Å². The molecule has 1 aliphatic rings. The summed E-state index contributed by atoms with van der Waals surface area (Å²) in [5, 5.41) is 9.68. The molecule has 1 aromatic rings. The maximum absolute atomic E-state index is 11.7. The van der Waals surface area contributed by atoms with E-state index < -0.39 is 5.72 Å². The van der Waals surface area contributed by atoms with E-state index in [-0.39, 0.29) is 5.91 Å². The minimum absolute atomic E-state index is 0.214. The van der Waals surface area contributed by atoms with Crippen molar-refractivity contribution in [2.45, 2.75) is 19.1 Å². The Hall–Kier alpha value is -1.42. The lowest BCUT2D eigenvalue weighted by Gasteiger charge is -2.46. The van der Waals surface area contributed by atoms with Gasteiger partial charge in [0.2, 0.25) is 0 Å². The Labute approximate surface area is 82.2 Å². The number of hydrogen-bond acceptors (Lipinski definition) is 3. The first-order valence-electron chi connectivity index (χ1n) is 4.48. The summed E-state index contributed by atoms with van der Waals surface area (Å²) < 4.78 is 0. The molecule has 0 spiro atoms. The molecule has 1 aliphatic heterocycles. The molecule has 1 saturated heterocycles. The molecule has 2 rings (SSSR count). The molecule has 0 aromatic carbocycles. The van der Waals surface area contributed by atoms with Gasteiger partial charge in [0.25, 0.3) is 5.91 Å². The van der Waals surface area contributed by atoms with E-state index >= 15 is 0 Å². The number of carbonyl (C=O) groups excluding carboxylic acids is 1. The highest BCUT2D eigenvalue weighted by Crippen LogP contribution is 2.28. The lowest BCUT2D eigenvalue weighted by atomic mass is 9.99. The molecule has 1 amide bonds. The topological polar surface area (TPSA) is 53.4 Å². The monoisotopic (exact) mass is 191 g/mol. The van der Waals surface area contributed by atoms with Gasteiger partial charge in [0, 0.05) is 19.2 Å². The molecule has 0 saturated carbocycles. The maximum Gasteiger partial charge on any atom is 0.258 e. The first kappa shape index (κ1) is 9.15. The number of likely N-dealkylation sites (tertiary alicyclic amines) is 1. The number of pyridine rings is 1. The van der Waals surface area contributed by atoms with Crippen LogP contribution in [0.3, 0.4) is 0 Å². The van der Waals surface area contributed by atoms with Crippen molar-refractivity contribution in [3.63, 3.8) is 0 Å². The van der Waals surface area contributed by atoms with E-state index in [0.29, 0.717) is 18.5 Å². The predicted octanol–water partition coefficient (Wildman–Crippen LogP) is 0.436. The van der Waals surface area contributed by atoms with E-state index in [1.54, 1.807) is 25.3 Å². The smallest absolute Gasteiger partial charge is 0.258 e. The Balaban J connectivity index is 2.18. The van der Waals surface area contributed by atoms with Gasteiger partial charge in [-0.1, -0.05) is 0 Å². The second-order valence-corrected chi connectivity index (χ2v) is 3.59. The summed E-state index contributed by atoms with van der Waals surface area (Å²) in [6.07, 6.45) is 4.79. The third-order valence-electron chi connectivity index (χ3n) is 2.47. The van der Waals surface area contributed by atoms with Crippen molar-refractivity contribution in [1.82, 2.24) is 9.88 Å². The molecule has 1 aromatic heterocycles. The van der Waals surface area contributed by atoms with Gasteiger partial charge in [0.15, 0.2) is 0 Å². The van der Waals surface area contributed by atoms with Crippen LogP contribution in [0.25, 0.3) is 0 Å². The largest absolute Gasteiger partial charge is 0.371 e. The zero-order chi connectivity index (χ0) is 10.2. The standard InChI is InChI=1S/C10H11N2O2/c1-10(14)4-6-12(10)9(13)8-3-2-5-11-7-8/h2-3,5,14H,4,6H2,1H3. The lowest BCUT2D eigenvalue weighted by molar-refractivity contribution is -0.139. The molecule has 1 fully saturated rings. The van der Waals surface area contributed by atoms with Crippen LogP contribution in [-0.4, -0.2) is 33.2 Å². The highest BCUT2D eigenvalue weighted by Gasteiger charge is 2.41. The molecule has 0 aliphatic carbocycles. The second-order valence-electron chi connectivity index (χ2n) is 3.59. The molecular weight excluding hydrogens is 180 g/mol. The molecule has 73 valence electrons. The van der Waals surface area contributed by atoms with Crippen molar-refractivity contribution in [1.29, 1.82) is 0 Å². The summed E-state index contributed by atoms with van der Waals surface area (Å²) in [5.74, 6) is -0.214. The fourth-order valence-electron chi connectivity index (χ4n) is 1.46. The van der Waals surface area contributed by atoms with Crippen LogP contribution in [0, 0.1) is 6.20 Å². The SMILES string of the molecule is CC1(O)CCN1C(=O)c1[c]nccc1. The first-order chi connectivity index (χ1) is 6.61. The zero-order valence-corrected chi connectivity index (χ0v) is 7.90. The van der Waals surface area contributed by atoms with E-state index in [0.717, 1.165) is 0 Å². The molecule has 14 heavy (non-hydrogen) atoms. The Bertz CT molecular complexity index is 348. The van der Waals surface area contributed by atoms with Crippen LogP contribution >= 0.6 is 0 Å². The summed E-state index contributed by atoms with van der Waals surface area (Å²) in [5.41, 5.74) is -0.603. The maximum atomic E-state index is 11.7. The van der Waals surface area contributed by atoms with E-state index in [4.69, 9.17) is 0 Å². The summed E-state index contributed by atoms with van der Waals surface area (Å²) in [4.78, 5) is 16.9. The molecule has 1 atom stereocenters. The van der Waals surface area contributed by atoms with E-state index in [2.05, 4.69) is 11.2 Å². The quantitative estimate of drug-likeness (QED) is 0.700. The number of nitrogens with zero attached hydrogens (tertiary/aromatic N) is 2. The van der Waals surface area contributed by atoms with Crippen LogP contribution in [0.4, 0.5) is 0 Å². The molecule has 1 radical (unpaired) electrons. The van der Waals surface area contributed by atoms with Crippen LogP contribution in [0.5, 0.6) is 0 Å². The van der Waals surface area contributed by atoms with Crippen LogP contribution < -0.4 is 0 Å². The van der Waals surface area contributed by atoms with E-state index in [1.165, 1.54) is 4.90 Å². The van der Waals surface area contributed by atoms with Gasteiger partial charge in [-0.05, 0) is 19.1 Å². The molecule has 4 nitrogen and oxygen atoms in total. The Morgan fingerprint density at radius 3 is 3.00 bits per heavy atom. The average molecular weight is 191 g/mol. The molecular formula is C10H11N2O2. The predicted molar refractivity (Wildman–Crippen MR) is 49.4 cm³/mol. The van der Waals surface area contributed by atoms with Crippen LogP contribution in [0.2, 0.25) is 0 Å². The number of carbonyl (C=O) groups is 1. The fraction of sp³-hybridized carbons (Fsp3) is 0.400.